The normalized spacial score (nSPS) is 13.1. The minimum absolute atomic E-state index is 0.390. The molecule has 6 N–H and O–H groups in total. The zero-order valence-electron chi connectivity index (χ0n) is 7.45. The molecule has 0 aliphatic heterocycles. The molecule has 0 aromatic carbocycles. The zero-order chi connectivity index (χ0) is 10.1. The summed E-state index contributed by atoms with van der Waals surface area (Å²) in [5, 5.41) is 2.78. The Morgan fingerprint density at radius 1 is 1.46 bits per heavy atom. The molecule has 13 heavy (non-hydrogen) atoms. The Kier molecular flexibility index (Phi) is 6.00. The quantitative estimate of drug-likeness (QED) is 0.145. The van der Waals surface area contributed by atoms with Crippen LogP contribution in [0.4, 0.5) is 0 Å². The Hall–Kier alpha value is -1.75. The summed E-state index contributed by atoms with van der Waals surface area (Å²) >= 11 is 0. The third-order valence-electron chi connectivity index (χ3n) is 1.25. The molecule has 0 aliphatic rings. The summed E-state index contributed by atoms with van der Waals surface area (Å²) in [5.74, 6) is 5.03. The predicted octanol–water partition coefficient (Wildman–Crippen LogP) is -0.892. The van der Waals surface area contributed by atoms with Crippen LogP contribution in [0.1, 0.15) is 0 Å². The summed E-state index contributed by atoms with van der Waals surface area (Å²) in [6, 6.07) is 0. The van der Waals surface area contributed by atoms with Crippen LogP contribution in [0.15, 0.2) is 35.8 Å². The topological polar surface area (TPSA) is 93.2 Å². The van der Waals surface area contributed by atoms with Crippen molar-refractivity contribution < 1.29 is 4.79 Å². The van der Waals surface area contributed by atoms with E-state index in [2.05, 4.69) is 10.7 Å². The number of carbonyl (C=O) groups is 1. The Bertz CT molecular complexity index is 243. The van der Waals surface area contributed by atoms with Crippen molar-refractivity contribution in [2.75, 3.05) is 7.05 Å². The van der Waals surface area contributed by atoms with Gasteiger partial charge < -0.3 is 16.5 Å². The van der Waals surface area contributed by atoms with Crippen LogP contribution >= 0.6 is 0 Å². The highest BCUT2D eigenvalue weighted by Crippen LogP contribution is 2.02. The summed E-state index contributed by atoms with van der Waals surface area (Å²) in [5.41, 5.74) is 8.83. The second-order valence-electron chi connectivity index (χ2n) is 2.15. The minimum atomic E-state index is 0.390. The summed E-state index contributed by atoms with van der Waals surface area (Å²) in [7, 11) is 1.75. The van der Waals surface area contributed by atoms with E-state index in [4.69, 9.17) is 11.6 Å². The molecular formula is C8H14N4O. The first-order chi connectivity index (χ1) is 6.26. The number of nitrogens with one attached hydrogen (secondary N) is 2. The van der Waals surface area contributed by atoms with E-state index < -0.39 is 0 Å². The first-order valence-electron chi connectivity index (χ1n) is 3.67. The van der Waals surface area contributed by atoms with Gasteiger partial charge in [-0.3, -0.25) is 10.6 Å². The molecule has 0 aromatic rings. The van der Waals surface area contributed by atoms with E-state index in [0.717, 1.165) is 0 Å². The fraction of sp³-hybridized carbons (Fsp3) is 0.125. The maximum absolute atomic E-state index is 10.2. The van der Waals surface area contributed by atoms with Crippen LogP contribution in [0, 0.1) is 0 Å². The van der Waals surface area contributed by atoms with Crippen LogP contribution in [0.3, 0.4) is 0 Å². The molecule has 0 bridgehead atoms. The van der Waals surface area contributed by atoms with Crippen molar-refractivity contribution in [3.63, 3.8) is 0 Å². The van der Waals surface area contributed by atoms with Crippen LogP contribution < -0.4 is 22.3 Å². The number of nitrogens with two attached hydrogens (primary N) is 2. The Morgan fingerprint density at radius 3 is 2.62 bits per heavy atom. The second-order valence-corrected chi connectivity index (χ2v) is 2.15. The van der Waals surface area contributed by atoms with Crippen molar-refractivity contribution >= 4 is 6.29 Å². The largest absolute Gasteiger partial charge is 0.397 e. The first kappa shape index (κ1) is 11.2. The van der Waals surface area contributed by atoms with Gasteiger partial charge in [0.25, 0.3) is 0 Å². The van der Waals surface area contributed by atoms with Gasteiger partial charge >= 0.3 is 0 Å². The molecule has 0 aliphatic carbocycles. The molecule has 0 unspecified atom stereocenters. The molecule has 0 heterocycles. The molecule has 0 rings (SSSR count). The summed E-state index contributed by atoms with van der Waals surface area (Å²) in [6.07, 6.45) is 6.73. The monoisotopic (exact) mass is 182 g/mol. The van der Waals surface area contributed by atoms with E-state index >= 15 is 0 Å². The second kappa shape index (κ2) is 6.93. The molecule has 72 valence electrons. The molecule has 0 fully saturated rings. The smallest absolute Gasteiger partial charge is 0.143 e. The van der Waals surface area contributed by atoms with Gasteiger partial charge in [-0.25, -0.2) is 0 Å². The lowest BCUT2D eigenvalue weighted by Gasteiger charge is -2.00. The van der Waals surface area contributed by atoms with E-state index in [1.807, 2.05) is 0 Å². The molecule has 0 radical (unpaired) electrons. The van der Waals surface area contributed by atoms with Gasteiger partial charge in [0, 0.05) is 18.8 Å². The van der Waals surface area contributed by atoms with Crippen LogP contribution in [-0.4, -0.2) is 13.3 Å². The third kappa shape index (κ3) is 4.65. The van der Waals surface area contributed by atoms with Crippen LogP contribution in [-0.2, 0) is 4.79 Å². The highest BCUT2D eigenvalue weighted by molar-refractivity contribution is 5.69. The standard InChI is InChI=1S/C8H14N4O/c1-11-4-2-7(3-5-13)8(9)6-12-10/h2-6,11-12H,9-10H2,1H3/b4-2-,7-3+,8-6-. The summed E-state index contributed by atoms with van der Waals surface area (Å²) < 4.78 is 0. The maximum atomic E-state index is 10.2. The summed E-state index contributed by atoms with van der Waals surface area (Å²) in [4.78, 5) is 10.2. The average molecular weight is 182 g/mol. The van der Waals surface area contributed by atoms with E-state index in [-0.39, 0.29) is 0 Å². The van der Waals surface area contributed by atoms with Crippen molar-refractivity contribution in [2.24, 2.45) is 11.6 Å². The molecule has 0 saturated heterocycles. The number of hydrazine groups is 1. The minimum Gasteiger partial charge on any atom is -0.397 e. The van der Waals surface area contributed by atoms with Gasteiger partial charge in [0.1, 0.15) is 6.29 Å². The zero-order valence-corrected chi connectivity index (χ0v) is 7.45. The Morgan fingerprint density at radius 2 is 2.15 bits per heavy atom. The van der Waals surface area contributed by atoms with Gasteiger partial charge in [-0.1, -0.05) is 0 Å². The molecule has 0 amide bonds. The lowest BCUT2D eigenvalue weighted by molar-refractivity contribution is -0.104. The van der Waals surface area contributed by atoms with E-state index in [1.54, 1.807) is 19.3 Å². The van der Waals surface area contributed by atoms with E-state index in [9.17, 15) is 4.79 Å². The van der Waals surface area contributed by atoms with Crippen LogP contribution in [0.2, 0.25) is 0 Å². The van der Waals surface area contributed by atoms with Crippen molar-refractivity contribution in [3.8, 4) is 0 Å². The van der Waals surface area contributed by atoms with Gasteiger partial charge in [0.05, 0.1) is 5.70 Å². The Balaban J connectivity index is 4.61. The number of rotatable bonds is 5. The maximum Gasteiger partial charge on any atom is 0.143 e. The van der Waals surface area contributed by atoms with E-state index in [0.29, 0.717) is 17.6 Å². The lowest BCUT2D eigenvalue weighted by Crippen LogP contribution is -2.17. The molecule has 0 atom stereocenters. The van der Waals surface area contributed by atoms with Crippen LogP contribution in [0.5, 0.6) is 0 Å². The molecule has 0 spiro atoms. The SMILES string of the molecule is CN\C=C/C(=C\C=O)C(/N)=C/NN. The highest BCUT2D eigenvalue weighted by atomic mass is 16.1. The number of hydrogen-bond acceptors (Lipinski definition) is 5. The molecular weight excluding hydrogens is 168 g/mol. The number of aldehydes is 1. The molecule has 0 aromatic heterocycles. The fourth-order valence-electron chi connectivity index (χ4n) is 0.668. The van der Waals surface area contributed by atoms with Crippen molar-refractivity contribution in [1.29, 1.82) is 0 Å². The van der Waals surface area contributed by atoms with Gasteiger partial charge in [0.15, 0.2) is 0 Å². The third-order valence-corrected chi connectivity index (χ3v) is 1.25. The van der Waals surface area contributed by atoms with Gasteiger partial charge in [-0.15, -0.1) is 0 Å². The lowest BCUT2D eigenvalue weighted by atomic mass is 10.2. The number of allylic oxidation sites excluding steroid dienone is 2. The first-order valence-corrected chi connectivity index (χ1v) is 3.67. The number of hydrogen-bond donors (Lipinski definition) is 4. The Labute approximate surface area is 77.1 Å². The summed E-state index contributed by atoms with van der Waals surface area (Å²) in [6.45, 7) is 0. The average Bonchev–Trinajstić information content (AvgIpc) is 2.12. The van der Waals surface area contributed by atoms with Gasteiger partial charge in [0.2, 0.25) is 0 Å². The molecule has 0 saturated carbocycles. The molecule has 5 heteroatoms. The highest BCUT2D eigenvalue weighted by Gasteiger charge is 1.94. The van der Waals surface area contributed by atoms with Gasteiger partial charge in [-0.2, -0.15) is 0 Å². The van der Waals surface area contributed by atoms with Crippen LogP contribution in [0.25, 0.3) is 0 Å². The number of carbonyl (C=O) groups excluding carboxylic acids is 1. The predicted molar refractivity (Wildman–Crippen MR) is 51.9 cm³/mol. The van der Waals surface area contributed by atoms with Gasteiger partial charge in [-0.05, 0) is 18.4 Å². The van der Waals surface area contributed by atoms with Crippen molar-refractivity contribution in [2.45, 2.75) is 0 Å². The van der Waals surface area contributed by atoms with Crippen molar-refractivity contribution in [3.05, 3.63) is 35.8 Å². The fourth-order valence-corrected chi connectivity index (χ4v) is 0.668. The van der Waals surface area contributed by atoms with E-state index in [1.165, 1.54) is 12.3 Å². The van der Waals surface area contributed by atoms with Crippen molar-refractivity contribution in [1.82, 2.24) is 10.7 Å². The molecule has 5 nitrogen and oxygen atoms in total.